The Balaban J connectivity index is 2.15. The van der Waals surface area contributed by atoms with Gasteiger partial charge in [-0.25, -0.2) is 4.79 Å². The molecule has 0 bridgehead atoms. The second-order valence-electron chi connectivity index (χ2n) is 3.81. The number of amides is 1. The molecule has 1 amide bonds. The Kier molecular flexibility index (Phi) is 3.90. The number of aromatic hydroxyl groups is 1. The number of rotatable bonds is 4. The van der Waals surface area contributed by atoms with E-state index in [9.17, 15) is 14.7 Å². The zero-order valence-electron chi connectivity index (χ0n) is 10.4. The van der Waals surface area contributed by atoms with Crippen molar-refractivity contribution in [2.45, 2.75) is 0 Å². The van der Waals surface area contributed by atoms with Gasteiger partial charge in [0.1, 0.15) is 4.88 Å². The van der Waals surface area contributed by atoms with Gasteiger partial charge in [0.2, 0.25) is 0 Å². The summed E-state index contributed by atoms with van der Waals surface area (Å²) in [4.78, 5) is 22.8. The number of aromatic carboxylic acids is 1. The van der Waals surface area contributed by atoms with Crippen molar-refractivity contribution in [1.82, 2.24) is 0 Å². The number of carbonyl (C=O) groups is 2. The molecule has 0 spiro atoms. The first-order valence-corrected chi connectivity index (χ1v) is 6.34. The highest BCUT2D eigenvalue weighted by atomic mass is 32.1. The van der Waals surface area contributed by atoms with E-state index in [2.05, 4.69) is 5.32 Å². The quantitative estimate of drug-likeness (QED) is 0.804. The number of ether oxygens (including phenoxy) is 1. The van der Waals surface area contributed by atoms with Crippen LogP contribution in [0.1, 0.15) is 20.0 Å². The molecule has 0 aliphatic heterocycles. The average molecular weight is 293 g/mol. The Morgan fingerprint density at radius 1 is 1.25 bits per heavy atom. The van der Waals surface area contributed by atoms with Crippen molar-refractivity contribution in [2.75, 3.05) is 12.4 Å². The van der Waals surface area contributed by atoms with Gasteiger partial charge < -0.3 is 20.3 Å². The molecule has 0 aliphatic carbocycles. The normalized spacial score (nSPS) is 10.1. The predicted molar refractivity (Wildman–Crippen MR) is 73.9 cm³/mol. The lowest BCUT2D eigenvalue weighted by Gasteiger charge is -2.06. The largest absolute Gasteiger partial charge is 0.504 e. The summed E-state index contributed by atoms with van der Waals surface area (Å²) in [6.07, 6.45) is 0. The molecule has 3 N–H and O–H groups in total. The first-order valence-electron chi connectivity index (χ1n) is 5.52. The van der Waals surface area contributed by atoms with Crippen LogP contribution in [0.4, 0.5) is 5.00 Å². The molecule has 0 saturated carbocycles. The Labute approximate surface area is 118 Å². The maximum absolute atomic E-state index is 11.9. The SMILES string of the molecule is COc1ccc(C(=O)Nc2ccc(C(=O)O)s2)cc1O. The minimum absolute atomic E-state index is 0.137. The molecule has 1 heterocycles. The number of methoxy groups -OCH3 is 1. The molecule has 1 aromatic carbocycles. The van der Waals surface area contributed by atoms with E-state index in [1.54, 1.807) is 0 Å². The van der Waals surface area contributed by atoms with Crippen molar-refractivity contribution in [1.29, 1.82) is 0 Å². The summed E-state index contributed by atoms with van der Waals surface area (Å²) in [6.45, 7) is 0. The summed E-state index contributed by atoms with van der Waals surface area (Å²) in [5.41, 5.74) is 0.244. The van der Waals surface area contributed by atoms with Crippen LogP contribution >= 0.6 is 11.3 Å². The van der Waals surface area contributed by atoms with Gasteiger partial charge in [-0.3, -0.25) is 4.79 Å². The second kappa shape index (κ2) is 5.62. The third-order valence-corrected chi connectivity index (χ3v) is 3.48. The topological polar surface area (TPSA) is 95.9 Å². The third kappa shape index (κ3) is 2.89. The highest BCUT2D eigenvalue weighted by Crippen LogP contribution is 2.27. The van der Waals surface area contributed by atoms with E-state index in [4.69, 9.17) is 9.84 Å². The molecule has 0 aliphatic rings. The maximum atomic E-state index is 11.9. The van der Waals surface area contributed by atoms with Crippen LogP contribution < -0.4 is 10.1 Å². The van der Waals surface area contributed by atoms with Crippen LogP contribution in [0.15, 0.2) is 30.3 Å². The second-order valence-corrected chi connectivity index (χ2v) is 4.89. The standard InChI is InChI=1S/C13H11NO5S/c1-19-9-3-2-7(6-8(9)15)12(16)14-11-5-4-10(20-11)13(17)18/h2-6,15H,1H3,(H,14,16)(H,17,18). The first kappa shape index (κ1) is 13.9. The lowest BCUT2D eigenvalue weighted by molar-refractivity contribution is 0.0702. The van der Waals surface area contributed by atoms with Gasteiger partial charge in [-0.05, 0) is 30.3 Å². The van der Waals surface area contributed by atoms with Crippen LogP contribution in [0, 0.1) is 0 Å². The number of thiophene rings is 1. The number of carbonyl (C=O) groups excluding carboxylic acids is 1. The molecule has 0 atom stereocenters. The van der Waals surface area contributed by atoms with Gasteiger partial charge in [-0.1, -0.05) is 0 Å². The van der Waals surface area contributed by atoms with E-state index >= 15 is 0 Å². The number of phenols is 1. The zero-order chi connectivity index (χ0) is 14.7. The lowest BCUT2D eigenvalue weighted by atomic mass is 10.2. The van der Waals surface area contributed by atoms with Gasteiger partial charge in [0.15, 0.2) is 11.5 Å². The molecular formula is C13H11NO5S. The fourth-order valence-corrected chi connectivity index (χ4v) is 2.28. The highest BCUT2D eigenvalue weighted by Gasteiger charge is 2.12. The van der Waals surface area contributed by atoms with Gasteiger partial charge in [0, 0.05) is 5.56 Å². The van der Waals surface area contributed by atoms with Crippen LogP contribution in [0.3, 0.4) is 0 Å². The minimum atomic E-state index is -1.04. The molecule has 0 saturated heterocycles. The van der Waals surface area contributed by atoms with Crippen molar-refractivity contribution in [3.63, 3.8) is 0 Å². The van der Waals surface area contributed by atoms with Crippen molar-refractivity contribution >= 4 is 28.2 Å². The van der Waals surface area contributed by atoms with E-state index in [-0.39, 0.29) is 21.9 Å². The number of anilines is 1. The van der Waals surface area contributed by atoms with E-state index in [0.717, 1.165) is 11.3 Å². The van der Waals surface area contributed by atoms with Gasteiger partial charge >= 0.3 is 5.97 Å². The van der Waals surface area contributed by atoms with Crippen molar-refractivity contribution < 1.29 is 24.5 Å². The summed E-state index contributed by atoms with van der Waals surface area (Å²) in [5, 5.41) is 21.4. The summed E-state index contributed by atoms with van der Waals surface area (Å²) < 4.78 is 4.88. The van der Waals surface area contributed by atoms with Crippen LogP contribution in [-0.4, -0.2) is 29.2 Å². The number of carboxylic acids is 1. The lowest BCUT2D eigenvalue weighted by Crippen LogP contribution is -2.10. The number of carboxylic acid groups (broad SMARTS) is 1. The van der Waals surface area contributed by atoms with Gasteiger partial charge in [0.05, 0.1) is 12.1 Å². The molecule has 1 aromatic heterocycles. The van der Waals surface area contributed by atoms with Crippen LogP contribution in [-0.2, 0) is 0 Å². The summed E-state index contributed by atoms with van der Waals surface area (Å²) in [6, 6.07) is 7.17. The molecule has 20 heavy (non-hydrogen) atoms. The minimum Gasteiger partial charge on any atom is -0.504 e. The molecule has 0 unspecified atom stereocenters. The molecule has 7 heteroatoms. The first-order chi connectivity index (χ1) is 9.51. The Bertz CT molecular complexity index is 665. The smallest absolute Gasteiger partial charge is 0.345 e. The van der Waals surface area contributed by atoms with E-state index in [0.29, 0.717) is 5.00 Å². The fraction of sp³-hybridized carbons (Fsp3) is 0.0769. The van der Waals surface area contributed by atoms with Crippen molar-refractivity contribution in [3.05, 3.63) is 40.8 Å². The molecule has 2 aromatic rings. The van der Waals surface area contributed by atoms with Crippen LogP contribution in [0.2, 0.25) is 0 Å². The molecular weight excluding hydrogens is 282 g/mol. The number of nitrogens with one attached hydrogen (secondary N) is 1. The van der Waals surface area contributed by atoms with E-state index < -0.39 is 11.9 Å². The maximum Gasteiger partial charge on any atom is 0.345 e. The number of hydrogen-bond donors (Lipinski definition) is 3. The Morgan fingerprint density at radius 2 is 2.00 bits per heavy atom. The highest BCUT2D eigenvalue weighted by molar-refractivity contribution is 7.18. The molecule has 0 radical (unpaired) electrons. The van der Waals surface area contributed by atoms with Crippen LogP contribution in [0.5, 0.6) is 11.5 Å². The summed E-state index contributed by atoms with van der Waals surface area (Å²) in [7, 11) is 1.41. The monoisotopic (exact) mass is 293 g/mol. The molecule has 104 valence electrons. The molecule has 0 fully saturated rings. The number of benzene rings is 1. The van der Waals surface area contributed by atoms with Crippen molar-refractivity contribution in [2.24, 2.45) is 0 Å². The molecule has 2 rings (SSSR count). The predicted octanol–water partition coefficient (Wildman–Crippen LogP) is 2.41. The van der Waals surface area contributed by atoms with Crippen molar-refractivity contribution in [3.8, 4) is 11.5 Å². The van der Waals surface area contributed by atoms with Gasteiger partial charge in [0.25, 0.3) is 5.91 Å². The van der Waals surface area contributed by atoms with E-state index in [1.807, 2.05) is 0 Å². The number of phenolic OH excluding ortho intramolecular Hbond substituents is 1. The van der Waals surface area contributed by atoms with E-state index in [1.165, 1.54) is 37.4 Å². The Hall–Kier alpha value is -2.54. The number of hydrogen-bond acceptors (Lipinski definition) is 5. The van der Waals surface area contributed by atoms with Crippen LogP contribution in [0.25, 0.3) is 0 Å². The fourth-order valence-electron chi connectivity index (χ4n) is 1.54. The molecule has 6 nitrogen and oxygen atoms in total. The zero-order valence-corrected chi connectivity index (χ0v) is 11.2. The average Bonchev–Trinajstić information content (AvgIpc) is 2.87. The van der Waals surface area contributed by atoms with Gasteiger partial charge in [-0.15, -0.1) is 11.3 Å². The summed E-state index contributed by atoms with van der Waals surface area (Å²) >= 11 is 0.957. The third-order valence-electron chi connectivity index (χ3n) is 2.49. The van der Waals surface area contributed by atoms with Gasteiger partial charge in [-0.2, -0.15) is 0 Å². The Morgan fingerprint density at radius 3 is 2.55 bits per heavy atom. The summed E-state index contributed by atoms with van der Waals surface area (Å²) in [5.74, 6) is -1.36.